The SMILES string of the molecule is CCNC(=O)N(Cc1ccc(F)cc1)Cc1cccc(OS(=O)(=O)C(C)C)c1. The van der Waals surface area contributed by atoms with Crippen molar-refractivity contribution >= 4 is 16.1 Å². The van der Waals surface area contributed by atoms with Crippen molar-refractivity contribution in [3.05, 3.63) is 65.5 Å². The van der Waals surface area contributed by atoms with Gasteiger partial charge in [-0.1, -0.05) is 24.3 Å². The molecule has 2 rings (SSSR count). The molecule has 6 nitrogen and oxygen atoms in total. The average molecular weight is 408 g/mol. The Labute approximate surface area is 165 Å². The summed E-state index contributed by atoms with van der Waals surface area (Å²) in [7, 11) is -3.70. The monoisotopic (exact) mass is 408 g/mol. The summed E-state index contributed by atoms with van der Waals surface area (Å²) < 4.78 is 42.2. The van der Waals surface area contributed by atoms with Crippen LogP contribution in [0.2, 0.25) is 0 Å². The highest BCUT2D eigenvalue weighted by molar-refractivity contribution is 7.87. The Morgan fingerprint density at radius 2 is 1.75 bits per heavy atom. The fourth-order valence-electron chi connectivity index (χ4n) is 2.42. The van der Waals surface area contributed by atoms with Gasteiger partial charge in [0.25, 0.3) is 0 Å². The molecule has 28 heavy (non-hydrogen) atoms. The molecule has 0 atom stereocenters. The number of hydrogen-bond donors (Lipinski definition) is 1. The number of halogens is 1. The predicted octanol–water partition coefficient (Wildman–Crippen LogP) is 3.67. The van der Waals surface area contributed by atoms with Gasteiger partial charge < -0.3 is 14.4 Å². The molecule has 2 aromatic rings. The standard InChI is InChI=1S/C20H25FN2O4S/c1-4-22-20(24)23(13-16-8-10-18(21)11-9-16)14-17-6-5-7-19(12-17)27-28(25,26)15(2)3/h5-12,15H,4,13-14H2,1-3H3,(H,22,24). The second kappa shape index (κ2) is 9.54. The molecule has 0 aliphatic carbocycles. The molecule has 0 fully saturated rings. The van der Waals surface area contributed by atoms with E-state index in [9.17, 15) is 17.6 Å². The molecule has 0 aromatic heterocycles. The van der Waals surface area contributed by atoms with Crippen molar-refractivity contribution in [2.24, 2.45) is 0 Å². The maximum atomic E-state index is 13.1. The van der Waals surface area contributed by atoms with E-state index in [1.54, 1.807) is 55.1 Å². The van der Waals surface area contributed by atoms with Crippen LogP contribution in [0.3, 0.4) is 0 Å². The lowest BCUT2D eigenvalue weighted by Gasteiger charge is -2.23. The van der Waals surface area contributed by atoms with E-state index in [0.29, 0.717) is 12.1 Å². The van der Waals surface area contributed by atoms with Crippen LogP contribution >= 0.6 is 0 Å². The van der Waals surface area contributed by atoms with Gasteiger partial charge in [0, 0.05) is 19.6 Å². The molecule has 2 amide bonds. The van der Waals surface area contributed by atoms with Crippen LogP contribution < -0.4 is 9.50 Å². The van der Waals surface area contributed by atoms with Gasteiger partial charge in [0.1, 0.15) is 11.6 Å². The largest absolute Gasteiger partial charge is 0.382 e. The highest BCUT2D eigenvalue weighted by Gasteiger charge is 2.19. The third-order valence-electron chi connectivity index (χ3n) is 3.96. The van der Waals surface area contributed by atoms with Gasteiger partial charge in [-0.25, -0.2) is 9.18 Å². The number of nitrogens with one attached hydrogen (secondary N) is 1. The molecule has 0 heterocycles. The number of hydrogen-bond acceptors (Lipinski definition) is 4. The molecular weight excluding hydrogens is 383 g/mol. The number of urea groups is 1. The van der Waals surface area contributed by atoms with Gasteiger partial charge in [-0.2, -0.15) is 8.42 Å². The minimum absolute atomic E-state index is 0.198. The minimum Gasteiger partial charge on any atom is -0.382 e. The van der Waals surface area contributed by atoms with Crippen molar-refractivity contribution < 1.29 is 21.8 Å². The van der Waals surface area contributed by atoms with Gasteiger partial charge in [-0.3, -0.25) is 0 Å². The van der Waals surface area contributed by atoms with E-state index in [0.717, 1.165) is 5.56 Å². The fourth-order valence-corrected chi connectivity index (χ4v) is 2.98. The van der Waals surface area contributed by atoms with Crippen molar-refractivity contribution in [3.63, 3.8) is 0 Å². The first-order valence-electron chi connectivity index (χ1n) is 9.00. The van der Waals surface area contributed by atoms with Crippen LogP contribution in [0, 0.1) is 5.82 Å². The predicted molar refractivity (Wildman–Crippen MR) is 106 cm³/mol. The highest BCUT2D eigenvalue weighted by Crippen LogP contribution is 2.19. The molecule has 1 N–H and O–H groups in total. The Morgan fingerprint density at radius 1 is 1.11 bits per heavy atom. The lowest BCUT2D eigenvalue weighted by atomic mass is 10.1. The number of carbonyl (C=O) groups excluding carboxylic acids is 1. The van der Waals surface area contributed by atoms with Crippen molar-refractivity contribution in [1.29, 1.82) is 0 Å². The Bertz CT molecular complexity index is 899. The van der Waals surface area contributed by atoms with E-state index in [1.165, 1.54) is 12.1 Å². The molecule has 0 aliphatic rings. The van der Waals surface area contributed by atoms with Gasteiger partial charge in [-0.15, -0.1) is 0 Å². The molecule has 0 aliphatic heterocycles. The van der Waals surface area contributed by atoms with Gasteiger partial charge in [-0.05, 0) is 56.2 Å². The molecule has 0 saturated carbocycles. The minimum atomic E-state index is -3.70. The Kier molecular flexibility index (Phi) is 7.39. The number of carbonyl (C=O) groups is 1. The number of rotatable bonds is 8. The second-order valence-electron chi connectivity index (χ2n) is 6.59. The zero-order chi connectivity index (χ0) is 20.7. The van der Waals surface area contributed by atoms with E-state index < -0.39 is 15.4 Å². The first-order valence-corrected chi connectivity index (χ1v) is 10.5. The summed E-state index contributed by atoms with van der Waals surface area (Å²) in [5.74, 6) is -0.145. The highest BCUT2D eigenvalue weighted by atomic mass is 32.2. The van der Waals surface area contributed by atoms with Gasteiger partial charge >= 0.3 is 16.1 Å². The van der Waals surface area contributed by atoms with Crippen LogP contribution in [0.1, 0.15) is 31.9 Å². The summed E-state index contributed by atoms with van der Waals surface area (Å²) in [6.07, 6.45) is 0. The smallest absolute Gasteiger partial charge is 0.317 e. The Morgan fingerprint density at radius 3 is 2.36 bits per heavy atom. The van der Waals surface area contributed by atoms with Gasteiger partial charge in [0.2, 0.25) is 0 Å². The third-order valence-corrected chi connectivity index (χ3v) is 5.54. The van der Waals surface area contributed by atoms with Crippen LogP contribution in [0.15, 0.2) is 48.5 Å². The normalized spacial score (nSPS) is 11.3. The topological polar surface area (TPSA) is 75.7 Å². The Balaban J connectivity index is 2.20. The lowest BCUT2D eigenvalue weighted by molar-refractivity contribution is 0.193. The number of nitrogens with zero attached hydrogens (tertiary/aromatic N) is 1. The van der Waals surface area contributed by atoms with Crippen LogP contribution in [0.25, 0.3) is 0 Å². The lowest BCUT2D eigenvalue weighted by Crippen LogP contribution is -2.39. The van der Waals surface area contributed by atoms with E-state index in [2.05, 4.69) is 5.32 Å². The Hall–Kier alpha value is -2.61. The maximum absolute atomic E-state index is 13.1. The van der Waals surface area contributed by atoms with Crippen molar-refractivity contribution in [2.45, 2.75) is 39.1 Å². The van der Waals surface area contributed by atoms with Crippen LogP contribution in [-0.2, 0) is 23.2 Å². The average Bonchev–Trinajstić information content (AvgIpc) is 2.63. The fraction of sp³-hybridized carbons (Fsp3) is 0.350. The van der Waals surface area contributed by atoms with Crippen LogP contribution in [-0.4, -0.2) is 31.1 Å². The quantitative estimate of drug-likeness (QED) is 0.676. The second-order valence-corrected chi connectivity index (χ2v) is 8.69. The molecule has 8 heteroatoms. The molecule has 152 valence electrons. The zero-order valence-electron chi connectivity index (χ0n) is 16.2. The summed E-state index contributed by atoms with van der Waals surface area (Å²) in [6.45, 7) is 5.88. The van der Waals surface area contributed by atoms with E-state index >= 15 is 0 Å². The van der Waals surface area contributed by atoms with Gasteiger partial charge in [0.05, 0.1) is 5.25 Å². The van der Waals surface area contributed by atoms with Crippen LogP contribution in [0.4, 0.5) is 9.18 Å². The summed E-state index contributed by atoms with van der Waals surface area (Å²) in [5.41, 5.74) is 1.49. The molecule has 0 unspecified atom stereocenters. The van der Waals surface area contributed by atoms with Crippen molar-refractivity contribution in [3.8, 4) is 5.75 Å². The molecular formula is C20H25FN2O4S. The van der Waals surface area contributed by atoms with Crippen LogP contribution in [0.5, 0.6) is 5.75 Å². The number of amides is 2. The third kappa shape index (κ3) is 6.23. The first-order chi connectivity index (χ1) is 13.2. The molecule has 0 spiro atoms. The van der Waals surface area contributed by atoms with E-state index in [-0.39, 0.29) is 30.7 Å². The molecule has 0 bridgehead atoms. The maximum Gasteiger partial charge on any atom is 0.317 e. The van der Waals surface area contributed by atoms with Crippen molar-refractivity contribution in [2.75, 3.05) is 6.54 Å². The zero-order valence-corrected chi connectivity index (χ0v) is 17.0. The summed E-state index contributed by atoms with van der Waals surface area (Å²) >= 11 is 0. The van der Waals surface area contributed by atoms with Gasteiger partial charge in [0.15, 0.2) is 0 Å². The summed E-state index contributed by atoms with van der Waals surface area (Å²) in [6, 6.07) is 12.3. The molecule has 0 saturated heterocycles. The number of benzene rings is 2. The first kappa shape index (κ1) is 21.7. The van der Waals surface area contributed by atoms with E-state index in [4.69, 9.17) is 4.18 Å². The summed E-state index contributed by atoms with van der Waals surface area (Å²) in [5, 5.41) is 2.09. The summed E-state index contributed by atoms with van der Waals surface area (Å²) in [4.78, 5) is 14.0. The van der Waals surface area contributed by atoms with Crippen molar-refractivity contribution in [1.82, 2.24) is 10.2 Å². The molecule has 2 aromatic carbocycles. The molecule has 0 radical (unpaired) electrons. The van der Waals surface area contributed by atoms with E-state index in [1.807, 2.05) is 6.92 Å².